The van der Waals surface area contributed by atoms with E-state index in [1.54, 1.807) is 0 Å². The molecular formula is C14H28N2O. The first-order chi connectivity index (χ1) is 8.34. The first-order valence-electron chi connectivity index (χ1n) is 7.45. The predicted octanol–water partition coefficient (Wildman–Crippen LogP) is 2.20. The highest BCUT2D eigenvalue weighted by Crippen LogP contribution is 2.20. The van der Waals surface area contributed by atoms with Crippen molar-refractivity contribution in [1.82, 2.24) is 5.32 Å². The average molecular weight is 240 g/mol. The zero-order valence-corrected chi connectivity index (χ0v) is 11.0. The molecule has 0 spiro atoms. The molecule has 2 rings (SSSR count). The van der Waals surface area contributed by atoms with Crippen molar-refractivity contribution in [2.45, 2.75) is 76.0 Å². The lowest BCUT2D eigenvalue weighted by atomic mass is 9.92. The number of hydrogen-bond donors (Lipinski definition) is 2. The molecule has 2 aliphatic carbocycles. The predicted molar refractivity (Wildman–Crippen MR) is 71.1 cm³/mol. The van der Waals surface area contributed by atoms with Gasteiger partial charge in [0.05, 0.1) is 12.7 Å². The summed E-state index contributed by atoms with van der Waals surface area (Å²) in [6, 6.07) is 1.05. The molecule has 100 valence electrons. The Labute approximate surface area is 105 Å². The summed E-state index contributed by atoms with van der Waals surface area (Å²) in [5, 5.41) is 3.59. The van der Waals surface area contributed by atoms with Crippen LogP contribution in [0, 0.1) is 0 Å². The molecule has 2 unspecified atom stereocenters. The van der Waals surface area contributed by atoms with Crippen molar-refractivity contribution in [2.24, 2.45) is 5.73 Å². The molecule has 0 bridgehead atoms. The minimum absolute atomic E-state index is 0.417. The van der Waals surface area contributed by atoms with Gasteiger partial charge in [-0.05, 0) is 32.1 Å². The van der Waals surface area contributed by atoms with Gasteiger partial charge in [-0.25, -0.2) is 0 Å². The minimum atomic E-state index is 0.417. The highest BCUT2D eigenvalue weighted by Gasteiger charge is 2.18. The number of nitrogens with one attached hydrogen (secondary N) is 1. The third-order valence-corrected chi connectivity index (χ3v) is 4.16. The first-order valence-corrected chi connectivity index (χ1v) is 7.45. The molecule has 0 aromatic heterocycles. The molecule has 0 aromatic carbocycles. The van der Waals surface area contributed by atoms with E-state index < -0.39 is 0 Å². The molecule has 2 atom stereocenters. The topological polar surface area (TPSA) is 47.3 Å². The Morgan fingerprint density at radius 3 is 2.59 bits per heavy atom. The molecule has 0 aromatic rings. The number of hydrogen-bond acceptors (Lipinski definition) is 3. The number of ether oxygens (including phenoxy) is 1. The molecule has 3 N–H and O–H groups in total. The molecule has 2 aliphatic rings. The molecule has 0 amide bonds. The number of nitrogens with two attached hydrogens (primary N) is 1. The fourth-order valence-corrected chi connectivity index (χ4v) is 3.13. The molecule has 0 saturated heterocycles. The lowest BCUT2D eigenvalue weighted by Crippen LogP contribution is -2.40. The second-order valence-electron chi connectivity index (χ2n) is 5.71. The van der Waals surface area contributed by atoms with Crippen LogP contribution in [0.4, 0.5) is 0 Å². The van der Waals surface area contributed by atoms with Crippen LogP contribution < -0.4 is 11.1 Å². The van der Waals surface area contributed by atoms with E-state index in [0.717, 1.165) is 19.6 Å². The molecule has 2 fully saturated rings. The van der Waals surface area contributed by atoms with Gasteiger partial charge in [0.1, 0.15) is 0 Å². The Kier molecular flexibility index (Phi) is 5.75. The van der Waals surface area contributed by atoms with E-state index >= 15 is 0 Å². The molecule has 3 heteroatoms. The van der Waals surface area contributed by atoms with Crippen LogP contribution in [0.2, 0.25) is 0 Å². The third kappa shape index (κ3) is 4.94. The fraction of sp³-hybridized carbons (Fsp3) is 1.00. The smallest absolute Gasteiger partial charge is 0.0594 e. The molecule has 17 heavy (non-hydrogen) atoms. The van der Waals surface area contributed by atoms with E-state index in [9.17, 15) is 0 Å². The minimum Gasteiger partial charge on any atom is -0.377 e. The van der Waals surface area contributed by atoms with Crippen LogP contribution in [-0.2, 0) is 4.74 Å². The lowest BCUT2D eigenvalue weighted by molar-refractivity contribution is 0.0288. The Balaban J connectivity index is 1.50. The van der Waals surface area contributed by atoms with Crippen molar-refractivity contribution in [3.05, 3.63) is 0 Å². The van der Waals surface area contributed by atoms with Gasteiger partial charge in [-0.2, -0.15) is 0 Å². The van der Waals surface area contributed by atoms with E-state index in [1.807, 2.05) is 0 Å². The van der Waals surface area contributed by atoms with Crippen LogP contribution in [0.3, 0.4) is 0 Å². The summed E-state index contributed by atoms with van der Waals surface area (Å²) in [7, 11) is 0. The normalized spacial score (nSPS) is 31.6. The largest absolute Gasteiger partial charge is 0.377 e. The van der Waals surface area contributed by atoms with Crippen molar-refractivity contribution in [3.63, 3.8) is 0 Å². The van der Waals surface area contributed by atoms with E-state index in [2.05, 4.69) is 5.32 Å². The maximum absolute atomic E-state index is 5.98. The van der Waals surface area contributed by atoms with Crippen LogP contribution in [0.1, 0.15) is 57.8 Å². The van der Waals surface area contributed by atoms with Gasteiger partial charge < -0.3 is 15.8 Å². The summed E-state index contributed by atoms with van der Waals surface area (Å²) >= 11 is 0. The molecule has 3 nitrogen and oxygen atoms in total. The Hall–Kier alpha value is -0.120. The maximum Gasteiger partial charge on any atom is 0.0594 e. The highest BCUT2D eigenvalue weighted by atomic mass is 16.5. The van der Waals surface area contributed by atoms with Crippen LogP contribution in [0.25, 0.3) is 0 Å². The van der Waals surface area contributed by atoms with Crippen LogP contribution in [-0.4, -0.2) is 31.3 Å². The third-order valence-electron chi connectivity index (χ3n) is 4.16. The first kappa shape index (κ1) is 13.3. The van der Waals surface area contributed by atoms with Gasteiger partial charge in [0.25, 0.3) is 0 Å². The van der Waals surface area contributed by atoms with Gasteiger partial charge in [0.15, 0.2) is 0 Å². The second-order valence-corrected chi connectivity index (χ2v) is 5.71. The molecular weight excluding hydrogens is 212 g/mol. The van der Waals surface area contributed by atoms with Crippen molar-refractivity contribution >= 4 is 0 Å². The van der Waals surface area contributed by atoms with E-state index in [1.165, 1.54) is 51.4 Å². The van der Waals surface area contributed by atoms with Crippen molar-refractivity contribution in [2.75, 3.05) is 13.2 Å². The Morgan fingerprint density at radius 1 is 1.00 bits per heavy atom. The van der Waals surface area contributed by atoms with Gasteiger partial charge in [-0.15, -0.1) is 0 Å². The summed E-state index contributed by atoms with van der Waals surface area (Å²) in [4.78, 5) is 0. The van der Waals surface area contributed by atoms with Crippen LogP contribution in [0.15, 0.2) is 0 Å². The summed E-state index contributed by atoms with van der Waals surface area (Å²) in [5.41, 5.74) is 5.98. The molecule has 0 heterocycles. The van der Waals surface area contributed by atoms with Crippen LogP contribution >= 0.6 is 0 Å². The second kappa shape index (κ2) is 7.34. The lowest BCUT2D eigenvalue weighted by Gasteiger charge is -2.28. The van der Waals surface area contributed by atoms with Crippen molar-refractivity contribution < 1.29 is 4.74 Å². The zero-order chi connectivity index (χ0) is 11.9. The summed E-state index contributed by atoms with van der Waals surface area (Å²) in [6.07, 6.45) is 12.1. The van der Waals surface area contributed by atoms with Gasteiger partial charge in [0.2, 0.25) is 0 Å². The quantitative estimate of drug-likeness (QED) is 0.724. The SMILES string of the molecule is NC1CCCC(NCCOC2CCCCC2)C1. The van der Waals surface area contributed by atoms with Gasteiger partial charge in [0, 0.05) is 18.6 Å². The van der Waals surface area contributed by atoms with E-state index in [4.69, 9.17) is 10.5 Å². The zero-order valence-electron chi connectivity index (χ0n) is 11.0. The monoisotopic (exact) mass is 240 g/mol. The number of rotatable bonds is 5. The summed E-state index contributed by atoms with van der Waals surface area (Å²) < 4.78 is 5.91. The van der Waals surface area contributed by atoms with E-state index in [-0.39, 0.29) is 0 Å². The van der Waals surface area contributed by atoms with E-state index in [0.29, 0.717) is 18.2 Å². The standard InChI is InChI=1S/C14H28N2O/c15-12-5-4-6-13(11-12)16-9-10-17-14-7-2-1-3-8-14/h12-14,16H,1-11,15H2. The van der Waals surface area contributed by atoms with Gasteiger partial charge >= 0.3 is 0 Å². The Morgan fingerprint density at radius 2 is 1.82 bits per heavy atom. The fourth-order valence-electron chi connectivity index (χ4n) is 3.13. The average Bonchev–Trinajstić information content (AvgIpc) is 2.36. The molecule has 2 saturated carbocycles. The molecule has 0 radical (unpaired) electrons. The molecule has 0 aliphatic heterocycles. The van der Waals surface area contributed by atoms with Gasteiger partial charge in [-0.3, -0.25) is 0 Å². The van der Waals surface area contributed by atoms with Crippen LogP contribution in [0.5, 0.6) is 0 Å². The summed E-state index contributed by atoms with van der Waals surface area (Å²) in [6.45, 7) is 1.87. The Bertz CT molecular complexity index is 204. The summed E-state index contributed by atoms with van der Waals surface area (Å²) in [5.74, 6) is 0. The van der Waals surface area contributed by atoms with Gasteiger partial charge in [-0.1, -0.05) is 25.7 Å². The highest BCUT2D eigenvalue weighted by molar-refractivity contribution is 4.79. The maximum atomic E-state index is 5.98. The van der Waals surface area contributed by atoms with Crippen molar-refractivity contribution in [3.8, 4) is 0 Å². The van der Waals surface area contributed by atoms with Crippen molar-refractivity contribution in [1.29, 1.82) is 0 Å².